The first-order valence-electron chi connectivity index (χ1n) is 5.86. The van der Waals surface area contributed by atoms with Crippen molar-refractivity contribution in [2.75, 3.05) is 26.2 Å². The van der Waals surface area contributed by atoms with E-state index in [1.165, 1.54) is 5.56 Å². The summed E-state index contributed by atoms with van der Waals surface area (Å²) in [5.74, 6) is 0.301. The molecule has 1 N–H and O–H groups in total. The van der Waals surface area contributed by atoms with E-state index in [2.05, 4.69) is 22.1 Å². The number of amides is 1. The molecular weight excluding hydrogens is 256 g/mol. The number of halogens is 1. The molecule has 0 radical (unpaired) electrons. The smallest absolute Gasteiger partial charge is 0.222 e. The van der Waals surface area contributed by atoms with E-state index in [9.17, 15) is 4.79 Å². The van der Waals surface area contributed by atoms with Crippen molar-refractivity contribution >= 4 is 29.7 Å². The summed E-state index contributed by atoms with van der Waals surface area (Å²) in [5, 5.41) is 7.50. The Balaban J connectivity index is 0.00000144. The van der Waals surface area contributed by atoms with Gasteiger partial charge in [0.15, 0.2) is 0 Å². The maximum atomic E-state index is 11.9. The highest BCUT2D eigenvalue weighted by Crippen LogP contribution is 2.10. The van der Waals surface area contributed by atoms with Crippen LogP contribution < -0.4 is 5.32 Å². The molecule has 5 heteroatoms. The van der Waals surface area contributed by atoms with Gasteiger partial charge in [-0.2, -0.15) is 11.3 Å². The van der Waals surface area contributed by atoms with Crippen molar-refractivity contribution < 1.29 is 4.79 Å². The van der Waals surface area contributed by atoms with Crippen molar-refractivity contribution in [3.8, 4) is 0 Å². The van der Waals surface area contributed by atoms with E-state index in [0.29, 0.717) is 12.3 Å². The molecule has 96 valence electrons. The second kappa shape index (κ2) is 7.69. The van der Waals surface area contributed by atoms with Crippen molar-refractivity contribution in [2.45, 2.75) is 19.3 Å². The summed E-state index contributed by atoms with van der Waals surface area (Å²) in [7, 11) is 0. The van der Waals surface area contributed by atoms with Crippen molar-refractivity contribution in [1.29, 1.82) is 0 Å². The Bertz CT molecular complexity index is 321. The number of hydrogen-bond donors (Lipinski definition) is 1. The first-order chi connectivity index (χ1) is 7.86. The van der Waals surface area contributed by atoms with Crippen LogP contribution in [0.1, 0.15) is 18.4 Å². The molecule has 0 aliphatic carbocycles. The van der Waals surface area contributed by atoms with Crippen LogP contribution in [-0.2, 0) is 11.2 Å². The molecule has 1 aromatic rings. The number of nitrogens with zero attached hydrogens (tertiary/aromatic N) is 1. The molecule has 0 unspecified atom stereocenters. The van der Waals surface area contributed by atoms with Crippen LogP contribution in [0.25, 0.3) is 0 Å². The summed E-state index contributed by atoms with van der Waals surface area (Å²) in [6.45, 7) is 3.75. The maximum Gasteiger partial charge on any atom is 0.222 e. The highest BCUT2D eigenvalue weighted by Gasteiger charge is 2.14. The van der Waals surface area contributed by atoms with Crippen LogP contribution in [0.5, 0.6) is 0 Å². The summed E-state index contributed by atoms with van der Waals surface area (Å²) >= 11 is 1.70. The lowest BCUT2D eigenvalue weighted by Crippen LogP contribution is -2.34. The van der Waals surface area contributed by atoms with Gasteiger partial charge in [0.05, 0.1) is 0 Å². The van der Waals surface area contributed by atoms with Crippen molar-refractivity contribution in [2.24, 2.45) is 0 Å². The zero-order valence-corrected chi connectivity index (χ0v) is 11.5. The van der Waals surface area contributed by atoms with Crippen LogP contribution in [0.3, 0.4) is 0 Å². The van der Waals surface area contributed by atoms with E-state index in [4.69, 9.17) is 0 Å². The van der Waals surface area contributed by atoms with E-state index >= 15 is 0 Å². The molecule has 1 saturated heterocycles. The Morgan fingerprint density at radius 2 is 2.29 bits per heavy atom. The third kappa shape index (κ3) is 4.66. The quantitative estimate of drug-likeness (QED) is 0.913. The molecule has 3 nitrogen and oxygen atoms in total. The number of carbonyl (C=O) groups is 1. The summed E-state index contributed by atoms with van der Waals surface area (Å²) in [6.07, 6.45) is 2.60. The van der Waals surface area contributed by atoms with Crippen LogP contribution in [0.4, 0.5) is 0 Å². The molecule has 0 spiro atoms. The number of hydrogen-bond acceptors (Lipinski definition) is 3. The van der Waals surface area contributed by atoms with Crippen molar-refractivity contribution in [3.05, 3.63) is 22.4 Å². The van der Waals surface area contributed by atoms with E-state index in [1.807, 2.05) is 4.90 Å². The van der Waals surface area contributed by atoms with Crippen LogP contribution in [-0.4, -0.2) is 37.0 Å². The third-order valence-corrected chi connectivity index (χ3v) is 3.63. The molecule has 2 heterocycles. The topological polar surface area (TPSA) is 32.3 Å². The molecule has 2 rings (SSSR count). The number of rotatable bonds is 3. The van der Waals surface area contributed by atoms with Crippen LogP contribution >= 0.6 is 23.7 Å². The minimum absolute atomic E-state index is 0. The Morgan fingerprint density at radius 3 is 3.06 bits per heavy atom. The lowest BCUT2D eigenvalue weighted by Gasteiger charge is -2.19. The minimum atomic E-state index is 0. The maximum absolute atomic E-state index is 11.9. The van der Waals surface area contributed by atoms with Gasteiger partial charge < -0.3 is 10.2 Å². The Hall–Kier alpha value is -0.580. The fourth-order valence-corrected chi connectivity index (χ4v) is 2.64. The molecule has 17 heavy (non-hydrogen) atoms. The fraction of sp³-hybridized carbons (Fsp3) is 0.583. The molecule has 1 aromatic heterocycles. The molecule has 0 atom stereocenters. The summed E-state index contributed by atoms with van der Waals surface area (Å²) in [6, 6.07) is 2.10. The van der Waals surface area contributed by atoms with E-state index in [1.54, 1.807) is 11.3 Å². The zero-order chi connectivity index (χ0) is 11.2. The third-order valence-electron chi connectivity index (χ3n) is 2.90. The Kier molecular flexibility index (Phi) is 6.55. The zero-order valence-electron chi connectivity index (χ0n) is 9.85. The second-order valence-corrected chi connectivity index (χ2v) is 4.90. The van der Waals surface area contributed by atoms with Gasteiger partial charge in [-0.3, -0.25) is 4.79 Å². The van der Waals surface area contributed by atoms with Crippen molar-refractivity contribution in [1.82, 2.24) is 10.2 Å². The van der Waals surface area contributed by atoms with Gasteiger partial charge in [-0.1, -0.05) is 0 Å². The SMILES string of the molecule is Cl.O=C(CCc1ccsc1)N1CCCNCC1. The predicted molar refractivity (Wildman–Crippen MR) is 74.0 cm³/mol. The normalized spacial score (nSPS) is 16.1. The number of thiophene rings is 1. The molecule has 0 bridgehead atoms. The van der Waals surface area contributed by atoms with Crippen LogP contribution in [0.15, 0.2) is 16.8 Å². The lowest BCUT2D eigenvalue weighted by atomic mass is 10.2. The second-order valence-electron chi connectivity index (χ2n) is 4.12. The van der Waals surface area contributed by atoms with E-state index in [0.717, 1.165) is 39.0 Å². The molecule has 0 saturated carbocycles. The largest absolute Gasteiger partial charge is 0.341 e. The van der Waals surface area contributed by atoms with Gasteiger partial charge in [-0.15, -0.1) is 12.4 Å². The first-order valence-corrected chi connectivity index (χ1v) is 6.80. The van der Waals surface area contributed by atoms with Gasteiger partial charge in [-0.05, 0) is 41.8 Å². The van der Waals surface area contributed by atoms with Crippen molar-refractivity contribution in [3.63, 3.8) is 0 Å². The van der Waals surface area contributed by atoms with Gasteiger partial charge in [0.2, 0.25) is 5.91 Å². The monoisotopic (exact) mass is 274 g/mol. The first kappa shape index (κ1) is 14.5. The fourth-order valence-electron chi connectivity index (χ4n) is 1.94. The molecule has 1 amide bonds. The summed E-state index contributed by atoms with van der Waals surface area (Å²) in [4.78, 5) is 13.9. The number of nitrogens with one attached hydrogen (secondary N) is 1. The molecule has 1 aliphatic heterocycles. The predicted octanol–water partition coefficient (Wildman–Crippen LogP) is 1.92. The molecular formula is C12H19ClN2OS. The highest BCUT2D eigenvalue weighted by molar-refractivity contribution is 7.07. The minimum Gasteiger partial charge on any atom is -0.341 e. The van der Waals surface area contributed by atoms with Gasteiger partial charge >= 0.3 is 0 Å². The van der Waals surface area contributed by atoms with Crippen LogP contribution in [0.2, 0.25) is 0 Å². The lowest BCUT2D eigenvalue weighted by molar-refractivity contribution is -0.130. The Labute approximate surface area is 113 Å². The van der Waals surface area contributed by atoms with E-state index in [-0.39, 0.29) is 12.4 Å². The van der Waals surface area contributed by atoms with Crippen LogP contribution in [0, 0.1) is 0 Å². The summed E-state index contributed by atoms with van der Waals surface area (Å²) < 4.78 is 0. The number of carbonyl (C=O) groups excluding carboxylic acids is 1. The molecule has 1 fully saturated rings. The summed E-state index contributed by atoms with van der Waals surface area (Å²) in [5.41, 5.74) is 1.28. The van der Waals surface area contributed by atoms with Gasteiger partial charge in [0, 0.05) is 26.1 Å². The molecule has 1 aliphatic rings. The number of aryl methyl sites for hydroxylation is 1. The van der Waals surface area contributed by atoms with Gasteiger partial charge in [0.1, 0.15) is 0 Å². The standard InChI is InChI=1S/C12H18N2OS.ClH/c15-12(3-2-11-4-9-16-10-11)14-7-1-5-13-6-8-14;/h4,9-10,13H,1-3,5-8H2;1H. The van der Waals surface area contributed by atoms with Gasteiger partial charge in [-0.25, -0.2) is 0 Å². The van der Waals surface area contributed by atoms with Gasteiger partial charge in [0.25, 0.3) is 0 Å². The molecule has 0 aromatic carbocycles. The van der Waals surface area contributed by atoms with E-state index < -0.39 is 0 Å². The average molecular weight is 275 g/mol. The Morgan fingerprint density at radius 1 is 1.41 bits per heavy atom. The highest BCUT2D eigenvalue weighted by atomic mass is 35.5. The average Bonchev–Trinajstić information content (AvgIpc) is 2.66.